The standard InChI is InChI=1S/C13H18ClNS/c14-11-4-6-12(7-5-11)16-9-8-10-2-1-3-13(10)15/h4-7,10,13H,1-3,8-9,15H2. The highest BCUT2D eigenvalue weighted by Gasteiger charge is 2.22. The van der Waals surface area contributed by atoms with Crippen molar-refractivity contribution in [3.8, 4) is 0 Å². The van der Waals surface area contributed by atoms with Gasteiger partial charge in [-0.15, -0.1) is 11.8 Å². The summed E-state index contributed by atoms with van der Waals surface area (Å²) in [6.07, 6.45) is 5.10. The van der Waals surface area contributed by atoms with Crippen LogP contribution in [-0.4, -0.2) is 11.8 Å². The van der Waals surface area contributed by atoms with E-state index in [2.05, 4.69) is 12.1 Å². The fraction of sp³-hybridized carbons (Fsp3) is 0.538. The highest BCUT2D eigenvalue weighted by Crippen LogP contribution is 2.29. The second-order valence-corrected chi connectivity index (χ2v) is 6.05. The van der Waals surface area contributed by atoms with E-state index in [0.717, 1.165) is 10.9 Å². The van der Waals surface area contributed by atoms with E-state index in [1.54, 1.807) is 0 Å². The van der Waals surface area contributed by atoms with Gasteiger partial charge in [-0.3, -0.25) is 0 Å². The molecule has 1 nitrogen and oxygen atoms in total. The molecule has 2 unspecified atom stereocenters. The van der Waals surface area contributed by atoms with E-state index in [1.165, 1.54) is 36.3 Å². The minimum atomic E-state index is 0.450. The molecule has 0 saturated heterocycles. The lowest BCUT2D eigenvalue weighted by atomic mass is 10.0. The Hall–Kier alpha value is -0.180. The van der Waals surface area contributed by atoms with Gasteiger partial charge in [0, 0.05) is 16.0 Å². The summed E-state index contributed by atoms with van der Waals surface area (Å²) in [5, 5.41) is 0.808. The monoisotopic (exact) mass is 255 g/mol. The first-order valence-corrected chi connectivity index (χ1v) is 7.26. The van der Waals surface area contributed by atoms with Gasteiger partial charge >= 0.3 is 0 Å². The molecule has 0 heterocycles. The minimum absolute atomic E-state index is 0.450. The zero-order chi connectivity index (χ0) is 11.4. The van der Waals surface area contributed by atoms with Crippen molar-refractivity contribution >= 4 is 23.4 Å². The Labute approximate surface area is 107 Å². The zero-order valence-electron chi connectivity index (χ0n) is 9.36. The molecule has 1 aromatic rings. The average Bonchev–Trinajstić information content (AvgIpc) is 2.68. The fourth-order valence-electron chi connectivity index (χ4n) is 2.28. The molecule has 1 fully saturated rings. The average molecular weight is 256 g/mol. The molecule has 16 heavy (non-hydrogen) atoms. The van der Waals surface area contributed by atoms with Crippen molar-refractivity contribution in [1.29, 1.82) is 0 Å². The van der Waals surface area contributed by atoms with Crippen LogP contribution in [0.15, 0.2) is 29.2 Å². The van der Waals surface area contributed by atoms with Gasteiger partial charge in [-0.05, 0) is 55.2 Å². The van der Waals surface area contributed by atoms with E-state index >= 15 is 0 Å². The topological polar surface area (TPSA) is 26.0 Å². The maximum absolute atomic E-state index is 6.05. The van der Waals surface area contributed by atoms with Crippen molar-refractivity contribution in [3.05, 3.63) is 29.3 Å². The minimum Gasteiger partial charge on any atom is -0.327 e. The highest BCUT2D eigenvalue weighted by molar-refractivity contribution is 7.99. The van der Waals surface area contributed by atoms with Crippen LogP contribution in [0.3, 0.4) is 0 Å². The summed E-state index contributed by atoms with van der Waals surface area (Å²) in [6, 6.07) is 8.52. The Balaban J connectivity index is 1.73. The van der Waals surface area contributed by atoms with Gasteiger partial charge < -0.3 is 5.73 Å². The normalized spacial score (nSPS) is 24.9. The maximum Gasteiger partial charge on any atom is 0.0406 e. The molecule has 0 spiro atoms. The lowest BCUT2D eigenvalue weighted by Crippen LogP contribution is -2.24. The van der Waals surface area contributed by atoms with Crippen molar-refractivity contribution in [3.63, 3.8) is 0 Å². The molecule has 2 N–H and O–H groups in total. The number of benzene rings is 1. The molecule has 88 valence electrons. The summed E-state index contributed by atoms with van der Waals surface area (Å²) >= 11 is 7.75. The van der Waals surface area contributed by atoms with Crippen LogP contribution in [-0.2, 0) is 0 Å². The van der Waals surface area contributed by atoms with Crippen LogP contribution >= 0.6 is 23.4 Å². The molecule has 0 amide bonds. The van der Waals surface area contributed by atoms with Crippen LogP contribution in [0.5, 0.6) is 0 Å². The molecule has 1 saturated carbocycles. The largest absolute Gasteiger partial charge is 0.327 e. The Bertz CT molecular complexity index is 325. The van der Waals surface area contributed by atoms with Crippen LogP contribution in [0.2, 0.25) is 5.02 Å². The molecule has 1 aromatic carbocycles. The summed E-state index contributed by atoms with van der Waals surface area (Å²) in [7, 11) is 0. The second kappa shape index (κ2) is 5.95. The van der Waals surface area contributed by atoms with Gasteiger partial charge in [0.05, 0.1) is 0 Å². The molecule has 0 aromatic heterocycles. The number of rotatable bonds is 4. The van der Waals surface area contributed by atoms with Gasteiger partial charge in [-0.2, -0.15) is 0 Å². The molecular formula is C13H18ClNS. The quantitative estimate of drug-likeness (QED) is 0.825. The van der Waals surface area contributed by atoms with E-state index in [9.17, 15) is 0 Å². The van der Waals surface area contributed by atoms with E-state index in [1.807, 2.05) is 23.9 Å². The molecule has 1 aliphatic carbocycles. The van der Waals surface area contributed by atoms with Gasteiger partial charge in [0.2, 0.25) is 0 Å². The van der Waals surface area contributed by atoms with Crippen molar-refractivity contribution in [1.82, 2.24) is 0 Å². The lowest BCUT2D eigenvalue weighted by molar-refractivity contribution is 0.470. The van der Waals surface area contributed by atoms with Crippen molar-refractivity contribution in [2.45, 2.75) is 36.6 Å². The molecule has 2 atom stereocenters. The lowest BCUT2D eigenvalue weighted by Gasteiger charge is -2.14. The highest BCUT2D eigenvalue weighted by atomic mass is 35.5. The first-order chi connectivity index (χ1) is 7.75. The van der Waals surface area contributed by atoms with Gasteiger partial charge in [-0.1, -0.05) is 18.0 Å². The van der Waals surface area contributed by atoms with E-state index in [4.69, 9.17) is 17.3 Å². The Kier molecular flexibility index (Phi) is 4.56. The molecule has 3 heteroatoms. The van der Waals surface area contributed by atoms with Crippen LogP contribution in [0, 0.1) is 5.92 Å². The molecule has 0 bridgehead atoms. The maximum atomic E-state index is 6.05. The van der Waals surface area contributed by atoms with E-state index in [-0.39, 0.29) is 0 Å². The van der Waals surface area contributed by atoms with Crippen molar-refractivity contribution < 1.29 is 0 Å². The van der Waals surface area contributed by atoms with E-state index < -0.39 is 0 Å². The number of thioether (sulfide) groups is 1. The number of hydrogen-bond acceptors (Lipinski definition) is 2. The third-order valence-corrected chi connectivity index (χ3v) is 4.59. The third kappa shape index (κ3) is 3.41. The zero-order valence-corrected chi connectivity index (χ0v) is 10.9. The molecule has 1 aliphatic rings. The van der Waals surface area contributed by atoms with Crippen LogP contribution in [0.25, 0.3) is 0 Å². The summed E-state index contributed by atoms with van der Waals surface area (Å²) < 4.78 is 0. The van der Waals surface area contributed by atoms with Crippen LogP contribution in [0.4, 0.5) is 0 Å². The van der Waals surface area contributed by atoms with Crippen molar-refractivity contribution in [2.75, 3.05) is 5.75 Å². The molecular weight excluding hydrogens is 238 g/mol. The SMILES string of the molecule is NC1CCCC1CCSc1ccc(Cl)cc1. The first-order valence-electron chi connectivity index (χ1n) is 5.89. The van der Waals surface area contributed by atoms with Crippen LogP contribution in [0.1, 0.15) is 25.7 Å². The second-order valence-electron chi connectivity index (χ2n) is 4.45. The Morgan fingerprint density at radius 2 is 2.00 bits per heavy atom. The van der Waals surface area contributed by atoms with E-state index in [0.29, 0.717) is 6.04 Å². The summed E-state index contributed by atoms with van der Waals surface area (Å²) in [5.74, 6) is 1.92. The molecule has 0 aliphatic heterocycles. The summed E-state index contributed by atoms with van der Waals surface area (Å²) in [5.41, 5.74) is 6.05. The van der Waals surface area contributed by atoms with Crippen molar-refractivity contribution in [2.24, 2.45) is 11.7 Å². The summed E-state index contributed by atoms with van der Waals surface area (Å²) in [6.45, 7) is 0. The predicted octanol–water partition coefficient (Wildman–Crippen LogP) is 3.95. The Morgan fingerprint density at radius 1 is 1.25 bits per heavy atom. The summed E-state index contributed by atoms with van der Waals surface area (Å²) in [4.78, 5) is 1.30. The smallest absolute Gasteiger partial charge is 0.0406 e. The Morgan fingerprint density at radius 3 is 2.62 bits per heavy atom. The van der Waals surface area contributed by atoms with Gasteiger partial charge in [0.25, 0.3) is 0 Å². The van der Waals surface area contributed by atoms with Crippen LogP contribution < -0.4 is 5.73 Å². The number of nitrogens with two attached hydrogens (primary N) is 1. The first kappa shape index (κ1) is 12.3. The molecule has 2 rings (SSSR count). The van der Waals surface area contributed by atoms with Gasteiger partial charge in [-0.25, -0.2) is 0 Å². The number of hydrogen-bond donors (Lipinski definition) is 1. The molecule has 0 radical (unpaired) electrons. The van der Waals surface area contributed by atoms with Gasteiger partial charge in [0.15, 0.2) is 0 Å². The number of halogens is 1. The fourth-order valence-corrected chi connectivity index (χ4v) is 3.39. The predicted molar refractivity (Wildman–Crippen MR) is 72.1 cm³/mol. The van der Waals surface area contributed by atoms with Gasteiger partial charge in [0.1, 0.15) is 0 Å². The third-order valence-electron chi connectivity index (χ3n) is 3.29.